The van der Waals surface area contributed by atoms with E-state index in [0.29, 0.717) is 4.90 Å². The summed E-state index contributed by atoms with van der Waals surface area (Å²) in [6.07, 6.45) is 1.62. The monoisotopic (exact) mass is 282 g/mol. The molecule has 1 fully saturated rings. The average Bonchev–Trinajstić information content (AvgIpc) is 2.35. The second kappa shape index (κ2) is 4.96. The number of carbonyl (C=O) groups is 1. The van der Waals surface area contributed by atoms with Crippen LogP contribution in [-0.2, 0) is 14.6 Å². The first-order valence-electron chi connectivity index (χ1n) is 6.33. The maximum absolute atomic E-state index is 12.3. The van der Waals surface area contributed by atoms with E-state index in [9.17, 15) is 13.2 Å². The van der Waals surface area contributed by atoms with Gasteiger partial charge >= 0.3 is 5.97 Å². The number of carboxylic acids is 1. The third kappa shape index (κ3) is 2.97. The summed E-state index contributed by atoms with van der Waals surface area (Å²) >= 11 is 0. The van der Waals surface area contributed by atoms with Crippen molar-refractivity contribution in [2.24, 2.45) is 11.3 Å². The molecule has 0 aliphatic heterocycles. The summed E-state index contributed by atoms with van der Waals surface area (Å²) in [4.78, 5) is 11.2. The van der Waals surface area contributed by atoms with Gasteiger partial charge in [0, 0.05) is 0 Å². The molecule has 2 atom stereocenters. The first-order chi connectivity index (χ1) is 8.83. The van der Waals surface area contributed by atoms with Gasteiger partial charge in [0.1, 0.15) is 0 Å². The Bertz CT molecular complexity index is 564. The Balaban J connectivity index is 2.12. The lowest BCUT2D eigenvalue weighted by molar-refractivity contribution is -0.142. The Labute approximate surface area is 113 Å². The molecule has 0 unspecified atom stereocenters. The molecule has 0 bridgehead atoms. The van der Waals surface area contributed by atoms with Crippen LogP contribution in [0.2, 0.25) is 0 Å². The molecule has 0 spiro atoms. The predicted octanol–water partition coefficient (Wildman–Crippen LogP) is 2.35. The van der Waals surface area contributed by atoms with E-state index in [0.717, 1.165) is 12.8 Å². The van der Waals surface area contributed by atoms with E-state index >= 15 is 0 Å². The van der Waals surface area contributed by atoms with Crippen LogP contribution in [0.15, 0.2) is 35.2 Å². The first-order valence-corrected chi connectivity index (χ1v) is 7.98. The minimum atomic E-state index is -3.32. The lowest BCUT2D eigenvalue weighted by atomic mass is 9.60. The van der Waals surface area contributed by atoms with Crippen LogP contribution in [0.3, 0.4) is 0 Å². The molecule has 104 valence electrons. The van der Waals surface area contributed by atoms with Gasteiger partial charge in [-0.15, -0.1) is 0 Å². The fraction of sp³-hybridized carbons (Fsp3) is 0.500. The molecule has 1 aromatic rings. The normalized spacial score (nSPS) is 26.7. The number of aliphatic carboxylic acids is 1. The molecule has 0 aromatic heterocycles. The van der Waals surface area contributed by atoms with Crippen LogP contribution in [0.1, 0.15) is 26.2 Å². The van der Waals surface area contributed by atoms with Gasteiger partial charge in [0.2, 0.25) is 0 Å². The topological polar surface area (TPSA) is 71.4 Å². The maximum atomic E-state index is 12.3. The number of sulfone groups is 1. The van der Waals surface area contributed by atoms with Crippen LogP contribution in [-0.4, -0.2) is 25.2 Å². The smallest absolute Gasteiger partial charge is 0.303 e. The fourth-order valence-electron chi connectivity index (χ4n) is 2.69. The zero-order chi connectivity index (χ0) is 14.1. The molecular weight excluding hydrogens is 264 g/mol. The van der Waals surface area contributed by atoms with Crippen LogP contribution in [0.5, 0.6) is 0 Å². The molecule has 1 aromatic carbocycles. The minimum absolute atomic E-state index is 0.0425. The lowest BCUT2D eigenvalue weighted by Gasteiger charge is -2.46. The van der Waals surface area contributed by atoms with Crippen molar-refractivity contribution in [2.75, 3.05) is 5.75 Å². The highest BCUT2D eigenvalue weighted by Crippen LogP contribution is 2.49. The van der Waals surface area contributed by atoms with Crippen molar-refractivity contribution in [2.45, 2.75) is 31.1 Å². The van der Waals surface area contributed by atoms with Gasteiger partial charge < -0.3 is 5.11 Å². The van der Waals surface area contributed by atoms with E-state index in [1.807, 2.05) is 6.92 Å². The second-order valence-electron chi connectivity index (χ2n) is 5.55. The van der Waals surface area contributed by atoms with E-state index in [-0.39, 0.29) is 23.5 Å². The lowest BCUT2D eigenvalue weighted by Crippen LogP contribution is -2.43. The highest BCUT2D eigenvalue weighted by Gasteiger charge is 2.46. The Kier molecular flexibility index (Phi) is 3.67. The standard InChI is InChI=1S/C14H18O4S/c1-14(9-13(15)16)8-7-11(14)10-19(17,18)12-5-3-2-4-6-12/h2-6,11H,7-10H2,1H3,(H,15,16)/t11-,14+/m0/s1. The number of carboxylic acid groups (broad SMARTS) is 1. The highest BCUT2D eigenvalue weighted by molar-refractivity contribution is 7.91. The molecule has 1 aliphatic rings. The zero-order valence-electron chi connectivity index (χ0n) is 10.9. The third-order valence-corrected chi connectivity index (χ3v) is 5.96. The van der Waals surface area contributed by atoms with Crippen molar-refractivity contribution in [3.63, 3.8) is 0 Å². The molecule has 0 radical (unpaired) electrons. The summed E-state index contributed by atoms with van der Waals surface area (Å²) in [6.45, 7) is 1.87. The van der Waals surface area contributed by atoms with Crippen molar-refractivity contribution in [1.82, 2.24) is 0 Å². The number of hydrogen-bond donors (Lipinski definition) is 1. The van der Waals surface area contributed by atoms with Crippen molar-refractivity contribution >= 4 is 15.8 Å². The van der Waals surface area contributed by atoms with Gasteiger partial charge in [0.05, 0.1) is 17.1 Å². The zero-order valence-corrected chi connectivity index (χ0v) is 11.7. The molecule has 0 amide bonds. The molecule has 0 heterocycles. The summed E-state index contributed by atoms with van der Waals surface area (Å²) in [7, 11) is -3.32. The van der Waals surface area contributed by atoms with Gasteiger partial charge in [-0.25, -0.2) is 8.42 Å². The fourth-order valence-corrected chi connectivity index (χ4v) is 4.56. The molecule has 0 saturated heterocycles. The predicted molar refractivity (Wildman–Crippen MR) is 71.6 cm³/mol. The van der Waals surface area contributed by atoms with Gasteiger partial charge in [-0.1, -0.05) is 25.1 Å². The average molecular weight is 282 g/mol. The molecule has 1 saturated carbocycles. The van der Waals surface area contributed by atoms with Crippen molar-refractivity contribution in [3.05, 3.63) is 30.3 Å². The van der Waals surface area contributed by atoms with Gasteiger partial charge in [-0.05, 0) is 36.3 Å². The molecule has 2 rings (SSSR count). The minimum Gasteiger partial charge on any atom is -0.481 e. The van der Waals surface area contributed by atoms with Crippen molar-refractivity contribution in [1.29, 1.82) is 0 Å². The van der Waals surface area contributed by atoms with Crippen LogP contribution in [0, 0.1) is 11.3 Å². The SMILES string of the molecule is C[C@]1(CC(=O)O)CC[C@H]1CS(=O)(=O)c1ccccc1. The molecular formula is C14H18O4S. The van der Waals surface area contributed by atoms with Crippen molar-refractivity contribution < 1.29 is 18.3 Å². The van der Waals surface area contributed by atoms with E-state index in [1.165, 1.54) is 0 Å². The van der Waals surface area contributed by atoms with E-state index < -0.39 is 15.8 Å². The van der Waals surface area contributed by atoms with Crippen LogP contribution < -0.4 is 0 Å². The first kappa shape index (κ1) is 14.1. The largest absolute Gasteiger partial charge is 0.481 e. The summed E-state index contributed by atoms with van der Waals surface area (Å²) < 4.78 is 24.5. The van der Waals surface area contributed by atoms with Crippen LogP contribution in [0.25, 0.3) is 0 Å². The summed E-state index contributed by atoms with van der Waals surface area (Å²) in [5.41, 5.74) is -0.381. The van der Waals surface area contributed by atoms with Crippen LogP contribution >= 0.6 is 0 Å². The second-order valence-corrected chi connectivity index (χ2v) is 7.59. The quantitative estimate of drug-likeness (QED) is 0.900. The van der Waals surface area contributed by atoms with Crippen LogP contribution in [0.4, 0.5) is 0 Å². The third-order valence-electron chi connectivity index (χ3n) is 4.13. The Morgan fingerprint density at radius 1 is 1.37 bits per heavy atom. The summed E-state index contributed by atoms with van der Waals surface area (Å²) in [5, 5.41) is 8.90. The van der Waals surface area contributed by atoms with E-state index in [2.05, 4.69) is 0 Å². The van der Waals surface area contributed by atoms with Gasteiger partial charge in [0.15, 0.2) is 9.84 Å². The molecule has 1 aliphatic carbocycles. The molecule has 19 heavy (non-hydrogen) atoms. The highest BCUT2D eigenvalue weighted by atomic mass is 32.2. The molecule has 4 nitrogen and oxygen atoms in total. The number of benzene rings is 1. The summed E-state index contributed by atoms with van der Waals surface area (Å²) in [6, 6.07) is 8.34. The number of hydrogen-bond acceptors (Lipinski definition) is 3. The number of rotatable bonds is 5. The molecule has 5 heteroatoms. The Morgan fingerprint density at radius 2 is 2.00 bits per heavy atom. The molecule has 1 N–H and O–H groups in total. The van der Waals surface area contributed by atoms with Gasteiger partial charge in [-0.2, -0.15) is 0 Å². The maximum Gasteiger partial charge on any atom is 0.303 e. The summed E-state index contributed by atoms with van der Waals surface area (Å²) in [5.74, 6) is -0.876. The Hall–Kier alpha value is -1.36. The van der Waals surface area contributed by atoms with E-state index in [1.54, 1.807) is 30.3 Å². The van der Waals surface area contributed by atoms with Crippen molar-refractivity contribution in [3.8, 4) is 0 Å². The van der Waals surface area contributed by atoms with Gasteiger partial charge in [-0.3, -0.25) is 4.79 Å². The van der Waals surface area contributed by atoms with E-state index in [4.69, 9.17) is 5.11 Å². The Morgan fingerprint density at radius 3 is 2.47 bits per heavy atom. The van der Waals surface area contributed by atoms with Gasteiger partial charge in [0.25, 0.3) is 0 Å².